The first-order chi connectivity index (χ1) is 10.6. The number of halogens is 1. The van der Waals surface area contributed by atoms with Gasteiger partial charge in [-0.05, 0) is 30.9 Å². The Bertz CT molecular complexity index is 607. The predicted molar refractivity (Wildman–Crippen MR) is 95.0 cm³/mol. The fourth-order valence-electron chi connectivity index (χ4n) is 2.80. The van der Waals surface area contributed by atoms with Gasteiger partial charge in [0.1, 0.15) is 12.3 Å². The van der Waals surface area contributed by atoms with Crippen molar-refractivity contribution in [3.63, 3.8) is 0 Å². The standard InChI is InChI=1S/C18H23FN2S/c1-13-9-10-16(15(3)11-13)17(20-4)12-21(22-19)18-8-6-5-7-14(18)2/h5-11,14,18H,12H2,1-4H3. The fraction of sp³-hybridized carbons (Fsp3) is 0.389. The topological polar surface area (TPSA) is 15.6 Å². The molecule has 22 heavy (non-hydrogen) atoms. The first-order valence-electron chi connectivity index (χ1n) is 7.50. The van der Waals surface area contributed by atoms with Crippen molar-refractivity contribution in [3.8, 4) is 0 Å². The highest BCUT2D eigenvalue weighted by atomic mass is 32.2. The van der Waals surface area contributed by atoms with Crippen LogP contribution in [0.1, 0.15) is 23.6 Å². The zero-order valence-corrected chi connectivity index (χ0v) is 14.4. The van der Waals surface area contributed by atoms with Crippen molar-refractivity contribution in [1.82, 2.24) is 4.31 Å². The molecule has 0 aromatic heterocycles. The molecule has 1 aliphatic carbocycles. The molecule has 0 N–H and O–H groups in total. The number of hydrogen-bond acceptors (Lipinski definition) is 3. The summed E-state index contributed by atoms with van der Waals surface area (Å²) in [7, 11) is 1.77. The monoisotopic (exact) mass is 318 g/mol. The lowest BCUT2D eigenvalue weighted by Gasteiger charge is -2.30. The minimum Gasteiger partial charge on any atom is -0.291 e. The third kappa shape index (κ3) is 3.87. The van der Waals surface area contributed by atoms with Crippen LogP contribution in [0.5, 0.6) is 0 Å². The predicted octanol–water partition coefficient (Wildman–Crippen LogP) is 4.69. The fourth-order valence-corrected chi connectivity index (χ4v) is 3.33. The largest absolute Gasteiger partial charge is 0.291 e. The Kier molecular flexibility index (Phi) is 5.98. The second-order valence-corrected chi connectivity index (χ2v) is 6.36. The Labute approximate surface area is 137 Å². The average Bonchev–Trinajstić information content (AvgIpc) is 2.51. The number of aryl methyl sites for hydroxylation is 2. The molecule has 0 saturated carbocycles. The number of aliphatic imine (C=N–C) groups is 1. The van der Waals surface area contributed by atoms with Crippen LogP contribution < -0.4 is 0 Å². The van der Waals surface area contributed by atoms with Crippen LogP contribution in [-0.2, 0) is 0 Å². The van der Waals surface area contributed by atoms with E-state index >= 15 is 0 Å². The summed E-state index contributed by atoms with van der Waals surface area (Å²) in [6.45, 7) is 6.74. The lowest BCUT2D eigenvalue weighted by atomic mass is 9.96. The van der Waals surface area contributed by atoms with E-state index in [1.54, 1.807) is 11.4 Å². The molecular formula is C18H23FN2S. The van der Waals surface area contributed by atoms with Gasteiger partial charge in [-0.2, -0.15) is 0 Å². The van der Waals surface area contributed by atoms with Gasteiger partial charge >= 0.3 is 0 Å². The van der Waals surface area contributed by atoms with Gasteiger partial charge in [-0.1, -0.05) is 55.0 Å². The van der Waals surface area contributed by atoms with Crippen molar-refractivity contribution in [2.75, 3.05) is 13.6 Å². The van der Waals surface area contributed by atoms with Crippen molar-refractivity contribution in [2.24, 2.45) is 10.9 Å². The van der Waals surface area contributed by atoms with Crippen LogP contribution in [0.3, 0.4) is 0 Å². The molecule has 2 atom stereocenters. The van der Waals surface area contributed by atoms with Crippen LogP contribution in [-0.4, -0.2) is 29.7 Å². The zero-order valence-electron chi connectivity index (χ0n) is 13.6. The smallest absolute Gasteiger partial charge is 0.135 e. The van der Waals surface area contributed by atoms with E-state index in [-0.39, 0.29) is 12.0 Å². The molecule has 2 unspecified atom stereocenters. The molecule has 0 amide bonds. The van der Waals surface area contributed by atoms with Gasteiger partial charge in [-0.15, -0.1) is 3.89 Å². The average molecular weight is 318 g/mol. The van der Waals surface area contributed by atoms with Gasteiger partial charge in [-0.3, -0.25) is 4.99 Å². The highest BCUT2D eigenvalue weighted by Crippen LogP contribution is 2.26. The Morgan fingerprint density at radius 1 is 1.27 bits per heavy atom. The Morgan fingerprint density at radius 3 is 2.59 bits per heavy atom. The first-order valence-corrected chi connectivity index (χ1v) is 8.17. The van der Waals surface area contributed by atoms with Crippen molar-refractivity contribution in [1.29, 1.82) is 0 Å². The molecule has 0 heterocycles. The SMILES string of the molecule is CN=C(CN(SF)C1C=CC=CC1C)c1ccc(C)cc1C. The number of allylic oxidation sites excluding steroid dienone is 2. The van der Waals surface area contributed by atoms with Crippen molar-refractivity contribution in [3.05, 3.63) is 59.2 Å². The van der Waals surface area contributed by atoms with Crippen LogP contribution in [0.2, 0.25) is 0 Å². The van der Waals surface area contributed by atoms with Crippen LogP contribution in [0.25, 0.3) is 0 Å². The number of rotatable bonds is 5. The second kappa shape index (κ2) is 7.75. The summed E-state index contributed by atoms with van der Waals surface area (Å²) in [5.74, 6) is 0.283. The molecule has 118 valence electrons. The zero-order chi connectivity index (χ0) is 16.1. The Hall–Kier alpha value is -1.39. The normalized spacial score (nSPS) is 21.6. The van der Waals surface area contributed by atoms with Crippen LogP contribution in [0, 0.1) is 19.8 Å². The summed E-state index contributed by atoms with van der Waals surface area (Å²) >= 11 is 0.295. The lowest BCUT2D eigenvalue weighted by Crippen LogP contribution is -2.37. The van der Waals surface area contributed by atoms with Gasteiger partial charge in [0.25, 0.3) is 0 Å². The molecule has 0 bridgehead atoms. The van der Waals surface area contributed by atoms with Crippen molar-refractivity contribution >= 4 is 18.0 Å². The van der Waals surface area contributed by atoms with E-state index in [0.717, 1.165) is 11.3 Å². The molecule has 1 aliphatic rings. The minimum atomic E-state index is 0.0440. The van der Waals surface area contributed by atoms with Crippen LogP contribution >= 0.6 is 12.3 Å². The quantitative estimate of drug-likeness (QED) is 0.578. The van der Waals surface area contributed by atoms with Gasteiger partial charge in [0.15, 0.2) is 0 Å². The van der Waals surface area contributed by atoms with Gasteiger partial charge in [0, 0.05) is 13.1 Å². The van der Waals surface area contributed by atoms with E-state index in [4.69, 9.17) is 0 Å². The van der Waals surface area contributed by atoms with Crippen LogP contribution in [0.15, 0.2) is 47.5 Å². The summed E-state index contributed by atoms with van der Waals surface area (Å²) in [6.07, 6.45) is 8.15. The maximum Gasteiger partial charge on any atom is 0.135 e. The third-order valence-electron chi connectivity index (χ3n) is 4.06. The molecule has 0 spiro atoms. The van der Waals surface area contributed by atoms with E-state index in [1.165, 1.54) is 11.1 Å². The summed E-state index contributed by atoms with van der Waals surface area (Å²) in [6, 6.07) is 6.34. The molecule has 0 fully saturated rings. The maximum atomic E-state index is 13.5. The van der Waals surface area contributed by atoms with Crippen LogP contribution in [0.4, 0.5) is 3.89 Å². The van der Waals surface area contributed by atoms with Gasteiger partial charge < -0.3 is 0 Å². The van der Waals surface area contributed by atoms with E-state index in [9.17, 15) is 3.89 Å². The highest BCUT2D eigenvalue weighted by Gasteiger charge is 2.25. The number of hydrogen-bond donors (Lipinski definition) is 0. The molecule has 4 heteroatoms. The van der Waals surface area contributed by atoms with Gasteiger partial charge in [-0.25, -0.2) is 4.31 Å². The molecular weight excluding hydrogens is 295 g/mol. The Morgan fingerprint density at radius 2 is 2.00 bits per heavy atom. The summed E-state index contributed by atoms with van der Waals surface area (Å²) in [4.78, 5) is 4.41. The van der Waals surface area contributed by atoms with E-state index in [0.29, 0.717) is 18.9 Å². The molecule has 2 rings (SSSR count). The van der Waals surface area contributed by atoms with Crippen molar-refractivity contribution < 1.29 is 3.89 Å². The number of benzene rings is 1. The second-order valence-electron chi connectivity index (χ2n) is 5.75. The summed E-state index contributed by atoms with van der Waals surface area (Å²) in [5, 5.41) is 0. The maximum absolute atomic E-state index is 13.5. The van der Waals surface area contributed by atoms with Gasteiger partial charge in [0.05, 0.1) is 12.3 Å². The van der Waals surface area contributed by atoms with E-state index in [2.05, 4.69) is 50.0 Å². The number of nitrogens with zero attached hydrogens (tertiary/aromatic N) is 2. The summed E-state index contributed by atoms with van der Waals surface area (Å²) in [5.41, 5.74) is 4.41. The molecule has 1 aromatic carbocycles. The third-order valence-corrected chi connectivity index (χ3v) is 4.61. The summed E-state index contributed by atoms with van der Waals surface area (Å²) < 4.78 is 15.3. The van der Waals surface area contributed by atoms with E-state index < -0.39 is 0 Å². The molecule has 0 saturated heterocycles. The van der Waals surface area contributed by atoms with Gasteiger partial charge in [0.2, 0.25) is 0 Å². The molecule has 0 aliphatic heterocycles. The minimum absolute atomic E-state index is 0.0440. The molecule has 1 aromatic rings. The molecule has 0 radical (unpaired) electrons. The molecule has 2 nitrogen and oxygen atoms in total. The Balaban J connectivity index is 2.21. The van der Waals surface area contributed by atoms with E-state index in [1.807, 2.05) is 18.2 Å². The first kappa shape index (κ1) is 17.0. The highest BCUT2D eigenvalue weighted by molar-refractivity contribution is 7.92. The van der Waals surface area contributed by atoms with Crippen molar-refractivity contribution in [2.45, 2.75) is 26.8 Å². The lowest BCUT2D eigenvalue weighted by molar-refractivity contribution is 0.374.